The summed E-state index contributed by atoms with van der Waals surface area (Å²) in [5.41, 5.74) is 0. The molecule has 1 fully saturated rings. The molecule has 0 unspecified atom stereocenters. The summed E-state index contributed by atoms with van der Waals surface area (Å²) in [4.78, 5) is 44.4. The molecule has 0 N–H and O–H groups in total. The van der Waals surface area contributed by atoms with Crippen molar-refractivity contribution in [2.24, 2.45) is 0 Å². The van der Waals surface area contributed by atoms with E-state index >= 15 is 0 Å². The van der Waals surface area contributed by atoms with Gasteiger partial charge in [-0.05, 0) is 0 Å². The van der Waals surface area contributed by atoms with Crippen LogP contribution in [0.2, 0.25) is 0 Å². The van der Waals surface area contributed by atoms with Gasteiger partial charge in [0.2, 0.25) is 12.4 Å². The number of hydrogen-bond acceptors (Lipinski definition) is 9. The van der Waals surface area contributed by atoms with E-state index in [1.165, 1.54) is 6.92 Å². The predicted molar refractivity (Wildman–Crippen MR) is 68.2 cm³/mol. The summed E-state index contributed by atoms with van der Waals surface area (Å²) < 4.78 is 25.2. The molecule has 4 atom stereocenters. The fourth-order valence-corrected chi connectivity index (χ4v) is 1.93. The standard InChI is InChI=1S/C13H18O9/c1-6(14)18-5-10-11(19-7(2)15)12(20-8(3)16)13(22-10)21-9(4)17/h10-13H,5H2,1-4H3/t10-,11+,12+,13-/m1/s1. The molecule has 0 aromatic carbocycles. The van der Waals surface area contributed by atoms with Gasteiger partial charge in [0.1, 0.15) is 12.7 Å². The third kappa shape index (κ3) is 5.32. The zero-order valence-corrected chi connectivity index (χ0v) is 12.7. The van der Waals surface area contributed by atoms with E-state index in [4.69, 9.17) is 23.7 Å². The monoisotopic (exact) mass is 318 g/mol. The van der Waals surface area contributed by atoms with E-state index in [0.29, 0.717) is 0 Å². The first-order valence-corrected chi connectivity index (χ1v) is 6.51. The first-order valence-electron chi connectivity index (χ1n) is 6.51. The number of ether oxygens (including phenoxy) is 5. The van der Waals surface area contributed by atoms with Crippen molar-refractivity contribution in [3.63, 3.8) is 0 Å². The van der Waals surface area contributed by atoms with Crippen LogP contribution >= 0.6 is 0 Å². The molecule has 1 aliphatic rings. The van der Waals surface area contributed by atoms with Gasteiger partial charge >= 0.3 is 23.9 Å². The van der Waals surface area contributed by atoms with Gasteiger partial charge in [0.05, 0.1) is 0 Å². The third-order valence-corrected chi connectivity index (χ3v) is 2.60. The summed E-state index contributed by atoms with van der Waals surface area (Å²) in [6.45, 7) is 4.40. The highest BCUT2D eigenvalue weighted by Gasteiger charge is 2.51. The summed E-state index contributed by atoms with van der Waals surface area (Å²) in [6.07, 6.45) is -4.40. The van der Waals surface area contributed by atoms with Gasteiger partial charge in [0, 0.05) is 27.7 Å². The molecule has 0 radical (unpaired) electrons. The summed E-state index contributed by atoms with van der Waals surface area (Å²) in [5, 5.41) is 0. The Bertz CT molecular complexity index is 458. The lowest BCUT2D eigenvalue weighted by molar-refractivity contribution is -0.197. The third-order valence-electron chi connectivity index (χ3n) is 2.60. The maximum atomic E-state index is 11.2. The summed E-state index contributed by atoms with van der Waals surface area (Å²) in [7, 11) is 0. The van der Waals surface area contributed by atoms with E-state index in [1.807, 2.05) is 0 Å². The minimum Gasteiger partial charge on any atom is -0.463 e. The molecule has 1 heterocycles. The van der Waals surface area contributed by atoms with Gasteiger partial charge in [0.25, 0.3) is 0 Å². The smallest absolute Gasteiger partial charge is 0.305 e. The predicted octanol–water partition coefficient (Wildman–Crippen LogP) is -0.299. The van der Waals surface area contributed by atoms with Gasteiger partial charge in [-0.3, -0.25) is 19.2 Å². The van der Waals surface area contributed by atoms with Crippen molar-refractivity contribution >= 4 is 23.9 Å². The van der Waals surface area contributed by atoms with E-state index in [-0.39, 0.29) is 6.61 Å². The SMILES string of the molecule is CC(=O)OC[C@H]1O[C@@H](OC(C)=O)[C@@H](OC(C)=O)[C@H]1OC(C)=O. The fraction of sp³-hybridized carbons (Fsp3) is 0.692. The highest BCUT2D eigenvalue weighted by atomic mass is 16.8. The summed E-state index contributed by atoms with van der Waals surface area (Å²) >= 11 is 0. The molecule has 0 spiro atoms. The van der Waals surface area contributed by atoms with Crippen LogP contribution in [0.1, 0.15) is 27.7 Å². The van der Waals surface area contributed by atoms with Crippen molar-refractivity contribution in [3.05, 3.63) is 0 Å². The largest absolute Gasteiger partial charge is 0.463 e. The van der Waals surface area contributed by atoms with Crippen molar-refractivity contribution in [2.45, 2.75) is 52.3 Å². The summed E-state index contributed by atoms with van der Waals surface area (Å²) in [6, 6.07) is 0. The first kappa shape index (κ1) is 17.9. The normalized spacial score (nSPS) is 26.9. The second-order valence-corrected chi connectivity index (χ2v) is 4.60. The molecular weight excluding hydrogens is 300 g/mol. The number of carbonyl (C=O) groups is 4. The molecule has 9 heteroatoms. The minimum atomic E-state index is -1.26. The Morgan fingerprint density at radius 1 is 0.773 bits per heavy atom. The van der Waals surface area contributed by atoms with Gasteiger partial charge in [-0.1, -0.05) is 0 Å². The average molecular weight is 318 g/mol. The van der Waals surface area contributed by atoms with Crippen LogP contribution in [0, 0.1) is 0 Å². The van der Waals surface area contributed by atoms with E-state index in [1.54, 1.807) is 0 Å². The molecule has 0 aliphatic carbocycles. The number of carbonyl (C=O) groups excluding carboxylic acids is 4. The van der Waals surface area contributed by atoms with Gasteiger partial charge in [-0.2, -0.15) is 0 Å². The second kappa shape index (κ2) is 7.74. The molecular formula is C13H18O9. The van der Waals surface area contributed by atoms with Gasteiger partial charge in [-0.25, -0.2) is 0 Å². The van der Waals surface area contributed by atoms with Gasteiger partial charge in [-0.15, -0.1) is 0 Å². The quantitative estimate of drug-likeness (QED) is 0.497. The topological polar surface area (TPSA) is 114 Å². The van der Waals surface area contributed by atoms with Crippen molar-refractivity contribution in [2.75, 3.05) is 6.61 Å². The Kier molecular flexibility index (Phi) is 6.29. The van der Waals surface area contributed by atoms with Gasteiger partial charge < -0.3 is 23.7 Å². The van der Waals surface area contributed by atoms with E-state index in [0.717, 1.165) is 20.8 Å². The number of hydrogen-bond donors (Lipinski definition) is 0. The molecule has 1 rings (SSSR count). The van der Waals surface area contributed by atoms with Crippen molar-refractivity contribution in [1.29, 1.82) is 0 Å². The molecule has 1 saturated heterocycles. The van der Waals surface area contributed by atoms with Crippen LogP contribution in [0.4, 0.5) is 0 Å². The average Bonchev–Trinajstić information content (AvgIpc) is 2.63. The highest BCUT2D eigenvalue weighted by Crippen LogP contribution is 2.28. The molecule has 1 aliphatic heterocycles. The Morgan fingerprint density at radius 3 is 1.73 bits per heavy atom. The second-order valence-electron chi connectivity index (χ2n) is 4.60. The van der Waals surface area contributed by atoms with Crippen LogP contribution in [-0.2, 0) is 42.9 Å². The van der Waals surface area contributed by atoms with Crippen LogP contribution in [0.5, 0.6) is 0 Å². The molecule has 0 saturated carbocycles. The first-order chi connectivity index (χ1) is 10.2. The van der Waals surface area contributed by atoms with E-state index in [2.05, 4.69) is 0 Å². The van der Waals surface area contributed by atoms with Crippen molar-refractivity contribution in [1.82, 2.24) is 0 Å². The minimum absolute atomic E-state index is 0.247. The molecule has 0 amide bonds. The maximum Gasteiger partial charge on any atom is 0.305 e. The highest BCUT2D eigenvalue weighted by molar-refractivity contribution is 5.68. The lowest BCUT2D eigenvalue weighted by atomic mass is 10.1. The lowest BCUT2D eigenvalue weighted by Gasteiger charge is -2.22. The Labute approximate surface area is 126 Å². The fourth-order valence-electron chi connectivity index (χ4n) is 1.93. The molecule has 124 valence electrons. The Hall–Kier alpha value is -2.16. The number of esters is 4. The zero-order valence-electron chi connectivity index (χ0n) is 12.7. The van der Waals surface area contributed by atoms with Crippen LogP contribution in [0.25, 0.3) is 0 Å². The van der Waals surface area contributed by atoms with E-state index < -0.39 is 48.5 Å². The lowest BCUT2D eigenvalue weighted by Crippen LogP contribution is -2.42. The zero-order chi connectivity index (χ0) is 16.9. The van der Waals surface area contributed by atoms with Crippen LogP contribution in [-0.4, -0.2) is 55.1 Å². The van der Waals surface area contributed by atoms with Crippen molar-refractivity contribution < 1.29 is 42.9 Å². The van der Waals surface area contributed by atoms with Crippen LogP contribution in [0.15, 0.2) is 0 Å². The maximum absolute atomic E-state index is 11.2. The Balaban J connectivity index is 2.94. The summed E-state index contributed by atoms with van der Waals surface area (Å²) in [5.74, 6) is -2.56. The van der Waals surface area contributed by atoms with Gasteiger partial charge in [0.15, 0.2) is 6.10 Å². The van der Waals surface area contributed by atoms with Crippen LogP contribution < -0.4 is 0 Å². The Morgan fingerprint density at radius 2 is 1.27 bits per heavy atom. The van der Waals surface area contributed by atoms with Crippen LogP contribution in [0.3, 0.4) is 0 Å². The molecule has 22 heavy (non-hydrogen) atoms. The van der Waals surface area contributed by atoms with E-state index in [9.17, 15) is 19.2 Å². The molecule has 0 aromatic heterocycles. The number of rotatable bonds is 5. The molecule has 0 aromatic rings. The van der Waals surface area contributed by atoms with Crippen molar-refractivity contribution in [3.8, 4) is 0 Å². The molecule has 9 nitrogen and oxygen atoms in total. The molecule has 0 bridgehead atoms.